The Morgan fingerprint density at radius 1 is 0.434 bits per heavy atom. The number of hydrogen-bond acceptors (Lipinski definition) is 3. The molecular weight excluding hydrogens is 936 g/mol. The van der Waals surface area contributed by atoms with Gasteiger partial charge in [0.25, 0.3) is 6.71 Å². The third-order valence-corrected chi connectivity index (χ3v) is 23.0. The predicted octanol–water partition coefficient (Wildman–Crippen LogP) is 18.8. The molecule has 0 N–H and O–H groups in total. The third-order valence-electron chi connectivity index (χ3n) is 21.4. The standard InChI is InChI=1S/C72H91BN2S/c1-42-34-57-60-58(35-42)75(55-25-22-44(64(3,4)5)37-47(55)46-39-51-49(36-43(46)2)66(8,9)28-29-68(51,12)13)61-59-62(72(20,21)33-32-71(59,18)19)76-63(61)73(60)54-40-52-53(70(16,17)31-30-69(52,14)15)41-56(54)74(57)45-23-24-48-50(38-45)67(10,11)27-26-65(48,6)7/h22-25,34-41H,26-33H2,1-21H3. The van der Waals surface area contributed by atoms with Gasteiger partial charge < -0.3 is 9.80 Å². The number of thiophene rings is 1. The number of rotatable bonds is 3. The summed E-state index contributed by atoms with van der Waals surface area (Å²) in [4.78, 5) is 7.22. The minimum Gasteiger partial charge on any atom is -0.311 e. The lowest BCUT2D eigenvalue weighted by molar-refractivity contribution is 0.332. The van der Waals surface area contributed by atoms with E-state index in [0.717, 1.165) is 6.42 Å². The Bertz CT molecular complexity index is 3460. The second kappa shape index (κ2) is 16.1. The van der Waals surface area contributed by atoms with Gasteiger partial charge in [-0.2, -0.15) is 11.3 Å². The maximum absolute atomic E-state index is 2.86. The van der Waals surface area contributed by atoms with E-state index in [4.69, 9.17) is 0 Å². The van der Waals surface area contributed by atoms with Gasteiger partial charge in [-0.15, -0.1) is 0 Å². The zero-order valence-corrected chi connectivity index (χ0v) is 51.8. The fourth-order valence-corrected chi connectivity index (χ4v) is 17.4. The quantitative estimate of drug-likeness (QED) is 0.163. The van der Waals surface area contributed by atoms with Gasteiger partial charge in [0.15, 0.2) is 0 Å². The smallest absolute Gasteiger partial charge is 0.264 e. The highest BCUT2D eigenvalue weighted by molar-refractivity contribution is 7.29. The lowest BCUT2D eigenvalue weighted by atomic mass is 9.35. The van der Waals surface area contributed by atoms with Gasteiger partial charge in [0.05, 0.1) is 11.4 Å². The highest BCUT2D eigenvalue weighted by Gasteiger charge is 2.53. The highest BCUT2D eigenvalue weighted by Crippen LogP contribution is 2.59. The highest BCUT2D eigenvalue weighted by atomic mass is 32.1. The molecule has 0 atom stereocenters. The molecule has 2 nitrogen and oxygen atoms in total. The Kier molecular flexibility index (Phi) is 11.0. The van der Waals surface area contributed by atoms with Crippen LogP contribution in [0.3, 0.4) is 0 Å². The molecule has 0 fully saturated rings. The number of hydrogen-bond donors (Lipinski definition) is 0. The van der Waals surface area contributed by atoms with Gasteiger partial charge in [0, 0.05) is 38.0 Å². The van der Waals surface area contributed by atoms with Gasteiger partial charge in [-0.05, 0) is 235 Å². The summed E-state index contributed by atoms with van der Waals surface area (Å²) < 4.78 is 1.53. The minimum absolute atomic E-state index is 0.0185. The van der Waals surface area contributed by atoms with Crippen LogP contribution >= 0.6 is 11.3 Å². The first kappa shape index (κ1) is 52.2. The molecule has 3 heterocycles. The molecule has 0 bridgehead atoms. The van der Waals surface area contributed by atoms with Crippen LogP contribution in [0.25, 0.3) is 11.1 Å². The van der Waals surface area contributed by atoms with Crippen molar-refractivity contribution in [2.24, 2.45) is 0 Å². The summed E-state index contributed by atoms with van der Waals surface area (Å²) in [6.07, 6.45) is 9.53. The van der Waals surface area contributed by atoms with Crippen molar-refractivity contribution < 1.29 is 0 Å². The number of aryl methyl sites for hydroxylation is 2. The van der Waals surface area contributed by atoms with Gasteiger partial charge in [0.1, 0.15) is 0 Å². The van der Waals surface area contributed by atoms with Crippen LogP contribution in [0.5, 0.6) is 0 Å². The van der Waals surface area contributed by atoms with Crippen LogP contribution in [-0.2, 0) is 48.7 Å². The second-order valence-electron chi connectivity index (χ2n) is 31.8. The van der Waals surface area contributed by atoms with Crippen molar-refractivity contribution in [1.29, 1.82) is 0 Å². The molecule has 5 aromatic carbocycles. The Morgan fingerprint density at radius 3 is 1.50 bits per heavy atom. The Balaban J connectivity index is 1.23. The molecule has 0 saturated heterocycles. The Hall–Kier alpha value is -4.54. The van der Waals surface area contributed by atoms with Crippen molar-refractivity contribution in [3.8, 4) is 11.1 Å². The Morgan fingerprint density at radius 2 is 0.921 bits per heavy atom. The van der Waals surface area contributed by atoms with E-state index in [0.29, 0.717) is 0 Å². The molecule has 0 amide bonds. The first-order valence-electron chi connectivity index (χ1n) is 29.6. The molecular formula is C72H91BN2S. The summed E-state index contributed by atoms with van der Waals surface area (Å²) in [5.74, 6) is 0. The van der Waals surface area contributed by atoms with Gasteiger partial charge in [-0.3, -0.25) is 0 Å². The predicted molar refractivity (Wildman–Crippen MR) is 333 cm³/mol. The number of nitrogens with zero attached hydrogens (tertiary/aromatic N) is 2. The van der Waals surface area contributed by atoms with Crippen molar-refractivity contribution in [3.63, 3.8) is 0 Å². The topological polar surface area (TPSA) is 6.48 Å². The lowest BCUT2D eigenvalue weighted by Crippen LogP contribution is -2.61. The third kappa shape index (κ3) is 7.57. The average Bonchev–Trinajstić information content (AvgIpc) is 3.82. The monoisotopic (exact) mass is 1030 g/mol. The summed E-state index contributed by atoms with van der Waals surface area (Å²) in [6, 6.07) is 31.2. The van der Waals surface area contributed by atoms with E-state index in [9.17, 15) is 0 Å². The van der Waals surface area contributed by atoms with E-state index < -0.39 is 0 Å². The fourth-order valence-electron chi connectivity index (χ4n) is 15.6. The van der Waals surface area contributed by atoms with Crippen molar-refractivity contribution >= 4 is 67.9 Å². The van der Waals surface area contributed by atoms with E-state index in [-0.39, 0.29) is 55.4 Å². The number of anilines is 6. The van der Waals surface area contributed by atoms with Crippen molar-refractivity contribution in [2.75, 3.05) is 9.80 Å². The van der Waals surface area contributed by atoms with E-state index in [1.165, 1.54) is 150 Å². The maximum Gasteiger partial charge on any atom is 0.264 e. The average molecular weight is 1030 g/mol. The van der Waals surface area contributed by atoms with Gasteiger partial charge in [-0.25, -0.2) is 0 Å². The molecule has 6 aliphatic rings. The molecule has 12 rings (SSSR count). The van der Waals surface area contributed by atoms with Crippen LogP contribution in [0.1, 0.15) is 243 Å². The molecule has 2 aliphatic heterocycles. The maximum atomic E-state index is 2.86. The molecule has 0 saturated carbocycles. The van der Waals surface area contributed by atoms with Crippen molar-refractivity contribution in [3.05, 3.63) is 133 Å². The second-order valence-corrected chi connectivity index (χ2v) is 32.8. The molecule has 6 aromatic rings. The molecule has 1 aromatic heterocycles. The molecule has 0 spiro atoms. The molecule has 398 valence electrons. The zero-order valence-electron chi connectivity index (χ0n) is 51.0. The van der Waals surface area contributed by atoms with Gasteiger partial charge >= 0.3 is 0 Å². The molecule has 76 heavy (non-hydrogen) atoms. The first-order chi connectivity index (χ1) is 35.1. The van der Waals surface area contributed by atoms with E-state index >= 15 is 0 Å². The van der Waals surface area contributed by atoms with Crippen LogP contribution in [-0.4, -0.2) is 6.71 Å². The summed E-state index contributed by atoms with van der Waals surface area (Å²) in [7, 11) is 0. The van der Waals surface area contributed by atoms with Crippen LogP contribution in [0, 0.1) is 13.8 Å². The van der Waals surface area contributed by atoms with Crippen LogP contribution in [0.2, 0.25) is 0 Å². The van der Waals surface area contributed by atoms with E-state index in [1.807, 2.05) is 0 Å². The SMILES string of the molecule is Cc1cc2c3c(c1)N(c1ccc(C(C)(C)C)cc1-c1cc4c(cc1C)C(C)(C)CCC4(C)C)c1c(sc4c1C(C)(C)CCC4(C)C)B3c1cc3c(cc1N2c1ccc2c(c1)C(C)(C)CCC2(C)C)C(C)(C)CCC3(C)C. The van der Waals surface area contributed by atoms with E-state index in [1.54, 1.807) is 16.0 Å². The number of fused-ring (bicyclic) bond motifs is 9. The van der Waals surface area contributed by atoms with E-state index in [2.05, 4.69) is 239 Å². The minimum atomic E-state index is -0.0325. The number of benzene rings is 5. The van der Waals surface area contributed by atoms with Crippen molar-refractivity contribution in [2.45, 2.75) is 245 Å². The lowest BCUT2D eigenvalue weighted by Gasteiger charge is -2.48. The molecule has 4 heteroatoms. The van der Waals surface area contributed by atoms with Crippen LogP contribution in [0.15, 0.2) is 72.8 Å². The van der Waals surface area contributed by atoms with Crippen LogP contribution in [0.4, 0.5) is 34.1 Å². The Labute approximate surface area is 465 Å². The molecule has 0 unspecified atom stereocenters. The largest absolute Gasteiger partial charge is 0.311 e. The zero-order chi connectivity index (χ0) is 54.8. The van der Waals surface area contributed by atoms with Gasteiger partial charge in [0.2, 0.25) is 0 Å². The summed E-state index contributed by atoms with van der Waals surface area (Å²) >= 11 is 2.17. The molecule has 4 aliphatic carbocycles. The first-order valence-corrected chi connectivity index (χ1v) is 30.5. The summed E-state index contributed by atoms with van der Waals surface area (Å²) in [5, 5.41) is 0. The summed E-state index contributed by atoms with van der Waals surface area (Å²) in [5.41, 5.74) is 29.1. The fraction of sp³-hybridized carbons (Fsp3) is 0.528. The van der Waals surface area contributed by atoms with Crippen molar-refractivity contribution in [1.82, 2.24) is 0 Å². The van der Waals surface area contributed by atoms with Crippen LogP contribution < -0.4 is 25.5 Å². The normalized spacial score (nSPS) is 22.1. The molecule has 0 radical (unpaired) electrons. The van der Waals surface area contributed by atoms with Gasteiger partial charge in [-0.1, -0.05) is 156 Å². The summed E-state index contributed by atoms with van der Waals surface area (Å²) in [6.45, 7) is 52.3.